The van der Waals surface area contributed by atoms with Gasteiger partial charge in [-0.15, -0.1) is 0 Å². The minimum atomic E-state index is -0.563. The number of amides is 1. The summed E-state index contributed by atoms with van der Waals surface area (Å²) in [6.45, 7) is 5.66. The number of rotatable bonds is 7. The fourth-order valence-corrected chi connectivity index (χ4v) is 4.09. The molecule has 0 unspecified atom stereocenters. The van der Waals surface area contributed by atoms with Crippen LogP contribution in [0.1, 0.15) is 37.3 Å². The van der Waals surface area contributed by atoms with Gasteiger partial charge in [-0.25, -0.2) is 0 Å². The minimum Gasteiger partial charge on any atom is -0.480 e. The fourth-order valence-electron chi connectivity index (χ4n) is 4.09. The Morgan fingerprint density at radius 2 is 1.70 bits per heavy atom. The van der Waals surface area contributed by atoms with E-state index in [4.69, 9.17) is 4.74 Å². The molecule has 156 valence electrons. The number of likely N-dealkylation sites (tertiary alicyclic amines) is 1. The number of hydrogen-bond donors (Lipinski definition) is 1. The first kappa shape index (κ1) is 20.4. The number of piperidine rings is 1. The van der Waals surface area contributed by atoms with Gasteiger partial charge in [-0.2, -0.15) is 0 Å². The predicted molar refractivity (Wildman–Crippen MR) is 121 cm³/mol. The van der Waals surface area contributed by atoms with Gasteiger partial charge in [0, 0.05) is 18.5 Å². The zero-order valence-electron chi connectivity index (χ0n) is 17.6. The van der Waals surface area contributed by atoms with Crippen molar-refractivity contribution in [1.29, 1.82) is 0 Å². The van der Waals surface area contributed by atoms with E-state index in [1.54, 1.807) is 6.92 Å². The molecular weight excluding hydrogens is 372 g/mol. The second-order valence-electron chi connectivity index (χ2n) is 8.11. The number of carbonyl (C=O) groups is 1. The van der Waals surface area contributed by atoms with E-state index in [0.29, 0.717) is 6.54 Å². The van der Waals surface area contributed by atoms with Crippen LogP contribution in [0.2, 0.25) is 0 Å². The Morgan fingerprint density at radius 1 is 0.967 bits per heavy atom. The van der Waals surface area contributed by atoms with Gasteiger partial charge < -0.3 is 10.1 Å². The molecule has 1 heterocycles. The minimum absolute atomic E-state index is 0.107. The van der Waals surface area contributed by atoms with E-state index in [9.17, 15) is 4.79 Å². The van der Waals surface area contributed by atoms with E-state index >= 15 is 0 Å². The number of carbonyl (C=O) groups excluding carboxylic acids is 1. The lowest BCUT2D eigenvalue weighted by Gasteiger charge is -2.26. The lowest BCUT2D eigenvalue weighted by molar-refractivity contribution is -0.127. The van der Waals surface area contributed by atoms with Crippen molar-refractivity contribution in [3.05, 3.63) is 77.9 Å². The van der Waals surface area contributed by atoms with E-state index in [2.05, 4.69) is 34.5 Å². The van der Waals surface area contributed by atoms with Crippen molar-refractivity contribution in [2.75, 3.05) is 13.1 Å². The Morgan fingerprint density at radius 3 is 2.57 bits per heavy atom. The number of nitrogens with zero attached hydrogens (tertiary/aromatic N) is 1. The molecule has 4 heteroatoms. The second kappa shape index (κ2) is 9.77. The maximum atomic E-state index is 12.6. The largest absolute Gasteiger partial charge is 0.480 e. The number of ether oxygens (including phenoxy) is 1. The van der Waals surface area contributed by atoms with Gasteiger partial charge in [0.25, 0.3) is 5.91 Å². The highest BCUT2D eigenvalue weighted by atomic mass is 16.5. The molecule has 0 spiro atoms. The molecule has 3 aromatic carbocycles. The van der Waals surface area contributed by atoms with Crippen LogP contribution < -0.4 is 10.1 Å². The summed E-state index contributed by atoms with van der Waals surface area (Å²) in [5.41, 5.74) is 2.43. The number of hydrogen-bond acceptors (Lipinski definition) is 3. The van der Waals surface area contributed by atoms with Gasteiger partial charge in [0.15, 0.2) is 6.10 Å². The van der Waals surface area contributed by atoms with Crippen molar-refractivity contribution in [3.63, 3.8) is 0 Å². The third-order valence-corrected chi connectivity index (χ3v) is 5.74. The van der Waals surface area contributed by atoms with Gasteiger partial charge >= 0.3 is 0 Å². The van der Waals surface area contributed by atoms with E-state index in [-0.39, 0.29) is 5.91 Å². The van der Waals surface area contributed by atoms with E-state index < -0.39 is 6.10 Å². The molecule has 0 saturated carbocycles. The van der Waals surface area contributed by atoms with E-state index in [0.717, 1.165) is 28.6 Å². The van der Waals surface area contributed by atoms with E-state index in [1.165, 1.54) is 37.9 Å². The summed E-state index contributed by atoms with van der Waals surface area (Å²) in [4.78, 5) is 15.1. The average Bonchev–Trinajstić information content (AvgIpc) is 2.78. The lowest BCUT2D eigenvalue weighted by atomic mass is 10.1. The summed E-state index contributed by atoms with van der Waals surface area (Å²) in [7, 11) is 0. The second-order valence-corrected chi connectivity index (χ2v) is 8.11. The molecule has 1 atom stereocenters. The van der Waals surface area contributed by atoms with Crippen LogP contribution in [-0.4, -0.2) is 30.0 Å². The third kappa shape index (κ3) is 5.19. The van der Waals surface area contributed by atoms with Crippen LogP contribution in [0.4, 0.5) is 0 Å². The average molecular weight is 403 g/mol. The first-order valence-electron chi connectivity index (χ1n) is 10.9. The van der Waals surface area contributed by atoms with Crippen molar-refractivity contribution in [2.24, 2.45) is 0 Å². The zero-order chi connectivity index (χ0) is 20.8. The van der Waals surface area contributed by atoms with Crippen LogP contribution >= 0.6 is 0 Å². The first-order valence-corrected chi connectivity index (χ1v) is 10.9. The monoisotopic (exact) mass is 402 g/mol. The smallest absolute Gasteiger partial charge is 0.261 e. The van der Waals surface area contributed by atoms with Crippen LogP contribution in [0.25, 0.3) is 10.8 Å². The Balaban J connectivity index is 1.33. The normalized spacial score (nSPS) is 15.6. The Kier molecular flexibility index (Phi) is 6.65. The fraction of sp³-hybridized carbons (Fsp3) is 0.346. The molecule has 1 fully saturated rings. The third-order valence-electron chi connectivity index (χ3n) is 5.74. The molecule has 3 aromatic rings. The van der Waals surface area contributed by atoms with Crippen molar-refractivity contribution in [1.82, 2.24) is 10.2 Å². The molecule has 1 amide bonds. The summed E-state index contributed by atoms with van der Waals surface area (Å²) >= 11 is 0. The zero-order valence-corrected chi connectivity index (χ0v) is 17.6. The summed E-state index contributed by atoms with van der Waals surface area (Å²) in [5, 5.41) is 5.14. The van der Waals surface area contributed by atoms with Crippen molar-refractivity contribution >= 4 is 16.7 Å². The molecule has 0 aromatic heterocycles. The molecule has 0 aliphatic carbocycles. The molecule has 1 aliphatic heterocycles. The summed E-state index contributed by atoms with van der Waals surface area (Å²) in [6.07, 6.45) is 3.38. The van der Waals surface area contributed by atoms with Crippen molar-refractivity contribution in [3.8, 4) is 5.75 Å². The van der Waals surface area contributed by atoms with Gasteiger partial charge in [-0.1, -0.05) is 67.1 Å². The Hall–Kier alpha value is -2.85. The van der Waals surface area contributed by atoms with Crippen LogP contribution in [0, 0.1) is 0 Å². The van der Waals surface area contributed by atoms with Crippen LogP contribution in [0.3, 0.4) is 0 Å². The molecule has 30 heavy (non-hydrogen) atoms. The van der Waals surface area contributed by atoms with Gasteiger partial charge in [0.05, 0.1) is 0 Å². The first-order chi connectivity index (χ1) is 14.7. The quantitative estimate of drug-likeness (QED) is 0.611. The highest BCUT2D eigenvalue weighted by Gasteiger charge is 2.16. The Bertz CT molecular complexity index is 990. The number of benzene rings is 3. The Labute approximate surface area is 178 Å². The molecule has 4 rings (SSSR count). The number of nitrogens with one attached hydrogen (secondary N) is 1. The molecular formula is C26H30N2O2. The topological polar surface area (TPSA) is 41.6 Å². The van der Waals surface area contributed by atoms with Crippen molar-refractivity contribution in [2.45, 2.75) is 45.4 Å². The predicted octanol–water partition coefficient (Wildman–Crippen LogP) is 4.91. The standard InChI is InChI=1S/C26H30N2O2/c1-20(30-25-14-8-12-23-11-3-4-13-24(23)25)26(29)27-18-21-9-7-10-22(17-21)19-28-15-5-2-6-16-28/h3-4,7-14,17,20H,2,5-6,15-16,18-19H2,1H3,(H,27,29)/t20-/m1/s1. The SMILES string of the molecule is C[C@@H](Oc1cccc2ccccc12)C(=O)NCc1cccc(CN2CCCCC2)c1. The number of fused-ring (bicyclic) bond motifs is 1. The van der Waals surface area contributed by atoms with Gasteiger partial charge in [-0.3, -0.25) is 9.69 Å². The van der Waals surface area contributed by atoms with Gasteiger partial charge in [0.1, 0.15) is 5.75 Å². The van der Waals surface area contributed by atoms with Crippen LogP contribution in [0.5, 0.6) is 5.75 Å². The molecule has 4 nitrogen and oxygen atoms in total. The van der Waals surface area contributed by atoms with Crippen LogP contribution in [0.15, 0.2) is 66.7 Å². The summed E-state index contributed by atoms with van der Waals surface area (Å²) in [5.74, 6) is 0.628. The summed E-state index contributed by atoms with van der Waals surface area (Å²) in [6, 6.07) is 22.5. The van der Waals surface area contributed by atoms with E-state index in [1.807, 2.05) is 42.5 Å². The maximum Gasteiger partial charge on any atom is 0.261 e. The highest BCUT2D eigenvalue weighted by molar-refractivity contribution is 5.89. The lowest BCUT2D eigenvalue weighted by Crippen LogP contribution is -2.36. The maximum absolute atomic E-state index is 12.6. The molecule has 1 N–H and O–H groups in total. The van der Waals surface area contributed by atoms with Gasteiger partial charge in [-0.05, 0) is 55.4 Å². The van der Waals surface area contributed by atoms with Crippen molar-refractivity contribution < 1.29 is 9.53 Å². The summed E-state index contributed by atoms with van der Waals surface area (Å²) < 4.78 is 5.98. The highest BCUT2D eigenvalue weighted by Crippen LogP contribution is 2.26. The molecule has 0 bridgehead atoms. The molecule has 1 saturated heterocycles. The molecule has 1 aliphatic rings. The van der Waals surface area contributed by atoms with Crippen LogP contribution in [-0.2, 0) is 17.9 Å². The molecule has 0 radical (unpaired) electrons. The van der Waals surface area contributed by atoms with Gasteiger partial charge in [0.2, 0.25) is 0 Å².